The van der Waals surface area contributed by atoms with Crippen molar-refractivity contribution in [2.24, 2.45) is 0 Å². The summed E-state index contributed by atoms with van der Waals surface area (Å²) in [6.07, 6.45) is 0. The summed E-state index contributed by atoms with van der Waals surface area (Å²) in [5.74, 6) is -3.26. The van der Waals surface area contributed by atoms with Gasteiger partial charge >= 0.3 is 0 Å². The minimum Gasteiger partial charge on any atom is -0.390 e. The molecule has 1 N–H and O–H groups in total. The van der Waals surface area contributed by atoms with Crippen molar-refractivity contribution in [1.82, 2.24) is 0 Å². The van der Waals surface area contributed by atoms with Gasteiger partial charge in [-0.1, -0.05) is 29.8 Å². The van der Waals surface area contributed by atoms with Crippen LogP contribution in [0.2, 0.25) is 5.02 Å². The Morgan fingerprint density at radius 2 is 2.08 bits per heavy atom. The molecule has 0 aliphatic rings. The average Bonchev–Trinajstić information content (AvgIpc) is 2.09. The highest BCUT2D eigenvalue weighted by molar-refractivity contribution is 6.32. The van der Waals surface area contributed by atoms with Crippen molar-refractivity contribution < 1.29 is 13.9 Å². The van der Waals surface area contributed by atoms with Gasteiger partial charge in [-0.2, -0.15) is 8.78 Å². The van der Waals surface area contributed by atoms with Crippen molar-refractivity contribution in [3.8, 4) is 0 Å². The molecule has 4 heteroatoms. The molecule has 1 aromatic carbocycles. The zero-order chi connectivity index (χ0) is 10.1. The van der Waals surface area contributed by atoms with Crippen molar-refractivity contribution >= 4 is 11.6 Å². The molecular weight excluding hydrogens is 198 g/mol. The summed E-state index contributed by atoms with van der Waals surface area (Å²) in [7, 11) is 0. The zero-order valence-corrected chi connectivity index (χ0v) is 7.78. The highest BCUT2D eigenvalue weighted by atomic mass is 35.5. The smallest absolute Gasteiger partial charge is 0.297 e. The molecule has 0 saturated heterocycles. The maximum Gasteiger partial charge on any atom is 0.297 e. The molecule has 0 fully saturated rings. The predicted molar refractivity (Wildman–Crippen MR) is 47.2 cm³/mol. The molecule has 0 bridgehead atoms. The lowest BCUT2D eigenvalue weighted by Crippen LogP contribution is -2.19. The molecule has 1 nitrogen and oxygen atoms in total. The molecule has 13 heavy (non-hydrogen) atoms. The summed E-state index contributed by atoms with van der Waals surface area (Å²) in [4.78, 5) is 0. The van der Waals surface area contributed by atoms with Crippen LogP contribution in [-0.2, 0) is 5.92 Å². The summed E-state index contributed by atoms with van der Waals surface area (Å²) < 4.78 is 26.0. The van der Waals surface area contributed by atoms with Crippen molar-refractivity contribution in [3.63, 3.8) is 0 Å². The second kappa shape index (κ2) is 3.60. The summed E-state index contributed by atoms with van der Waals surface area (Å²) in [6, 6.07) is 4.34. The number of hydrogen-bond acceptors (Lipinski definition) is 1. The molecule has 0 spiro atoms. The van der Waals surface area contributed by atoms with E-state index in [-0.39, 0.29) is 10.6 Å². The lowest BCUT2D eigenvalue weighted by Gasteiger charge is -2.15. The van der Waals surface area contributed by atoms with E-state index in [0.717, 1.165) is 0 Å². The molecule has 72 valence electrons. The minimum absolute atomic E-state index is 0.0153. The van der Waals surface area contributed by atoms with Gasteiger partial charge in [0, 0.05) is 5.56 Å². The van der Waals surface area contributed by atoms with Crippen LogP contribution in [0.3, 0.4) is 0 Å². The molecule has 1 rings (SSSR count). The molecule has 0 unspecified atom stereocenters. The van der Waals surface area contributed by atoms with Crippen molar-refractivity contribution in [2.75, 3.05) is 6.61 Å². The molecule has 0 heterocycles. The minimum atomic E-state index is -3.26. The monoisotopic (exact) mass is 206 g/mol. The molecule has 0 radical (unpaired) electrons. The van der Waals surface area contributed by atoms with Crippen LogP contribution in [0.15, 0.2) is 18.2 Å². The summed E-state index contributed by atoms with van der Waals surface area (Å²) in [5.41, 5.74) is 0.254. The van der Waals surface area contributed by atoms with Crippen LogP contribution in [0.4, 0.5) is 8.78 Å². The second-order valence-electron chi connectivity index (χ2n) is 2.80. The standard InChI is InChI=1S/C9H9ClF2O/c1-6-3-2-4-7(8(6)10)9(11,12)5-13/h2-4,13H,5H2,1H3. The molecule has 0 aliphatic heterocycles. The van der Waals surface area contributed by atoms with E-state index in [1.807, 2.05) is 0 Å². The van der Waals surface area contributed by atoms with E-state index in [1.165, 1.54) is 12.1 Å². The summed E-state index contributed by atoms with van der Waals surface area (Å²) in [6.45, 7) is 0.412. The normalized spacial score (nSPS) is 11.8. The quantitative estimate of drug-likeness (QED) is 0.789. The van der Waals surface area contributed by atoms with Gasteiger partial charge in [-0.15, -0.1) is 0 Å². The number of benzene rings is 1. The maximum absolute atomic E-state index is 13.0. The number of hydrogen-bond donors (Lipinski definition) is 1. The van der Waals surface area contributed by atoms with Gasteiger partial charge in [0.2, 0.25) is 0 Å². The van der Waals surface area contributed by atoms with Crippen molar-refractivity contribution in [3.05, 3.63) is 34.3 Å². The number of halogens is 3. The molecule has 0 atom stereocenters. The molecule has 0 aliphatic carbocycles. The number of alkyl halides is 2. The molecule has 0 aromatic heterocycles. The maximum atomic E-state index is 13.0. The fraction of sp³-hybridized carbons (Fsp3) is 0.333. The molecule has 1 aromatic rings. The van der Waals surface area contributed by atoms with Gasteiger partial charge in [0.05, 0.1) is 5.02 Å². The van der Waals surface area contributed by atoms with Crippen LogP contribution in [-0.4, -0.2) is 11.7 Å². The zero-order valence-electron chi connectivity index (χ0n) is 7.02. The van der Waals surface area contributed by atoms with E-state index in [1.54, 1.807) is 13.0 Å². The second-order valence-corrected chi connectivity index (χ2v) is 3.18. The van der Waals surface area contributed by atoms with Gasteiger partial charge in [-0.25, -0.2) is 0 Å². The first-order chi connectivity index (χ1) is 5.99. The van der Waals surface area contributed by atoms with Crippen LogP contribution in [0.1, 0.15) is 11.1 Å². The number of aliphatic hydroxyl groups excluding tert-OH is 1. The van der Waals surface area contributed by atoms with E-state index in [2.05, 4.69) is 0 Å². The third-order valence-electron chi connectivity index (χ3n) is 1.78. The largest absolute Gasteiger partial charge is 0.390 e. The molecular formula is C9H9ClF2O. The Balaban J connectivity index is 3.22. The van der Waals surface area contributed by atoms with Crippen LogP contribution in [0.25, 0.3) is 0 Å². The fourth-order valence-corrected chi connectivity index (χ4v) is 1.28. The Hall–Kier alpha value is -0.670. The fourth-order valence-electron chi connectivity index (χ4n) is 1.02. The van der Waals surface area contributed by atoms with E-state index >= 15 is 0 Å². The lowest BCUT2D eigenvalue weighted by molar-refractivity contribution is -0.0555. The van der Waals surface area contributed by atoms with Crippen LogP contribution < -0.4 is 0 Å². The topological polar surface area (TPSA) is 20.2 Å². The van der Waals surface area contributed by atoms with Gasteiger partial charge in [-0.05, 0) is 12.5 Å². The van der Waals surface area contributed by atoms with Gasteiger partial charge in [0.15, 0.2) is 0 Å². The highest BCUT2D eigenvalue weighted by Gasteiger charge is 2.32. The Morgan fingerprint density at radius 1 is 1.46 bits per heavy atom. The van der Waals surface area contributed by atoms with E-state index in [0.29, 0.717) is 5.56 Å². The Morgan fingerprint density at radius 3 is 2.62 bits per heavy atom. The van der Waals surface area contributed by atoms with E-state index in [4.69, 9.17) is 16.7 Å². The molecule has 0 amide bonds. The summed E-state index contributed by atoms with van der Waals surface area (Å²) >= 11 is 5.67. The van der Waals surface area contributed by atoms with Gasteiger partial charge < -0.3 is 5.11 Å². The van der Waals surface area contributed by atoms with Gasteiger partial charge in [0.25, 0.3) is 5.92 Å². The number of aryl methyl sites for hydroxylation is 1. The average molecular weight is 207 g/mol. The first kappa shape index (κ1) is 10.4. The van der Waals surface area contributed by atoms with E-state index in [9.17, 15) is 8.78 Å². The highest BCUT2D eigenvalue weighted by Crippen LogP contribution is 2.34. The van der Waals surface area contributed by atoms with Crippen molar-refractivity contribution in [1.29, 1.82) is 0 Å². The lowest BCUT2D eigenvalue weighted by atomic mass is 10.1. The number of aliphatic hydroxyl groups is 1. The number of rotatable bonds is 2. The predicted octanol–water partition coefficient (Wildman–Crippen LogP) is 2.73. The first-order valence-electron chi connectivity index (χ1n) is 3.73. The summed E-state index contributed by atoms with van der Waals surface area (Å²) in [5, 5.41) is 8.47. The van der Waals surface area contributed by atoms with E-state index < -0.39 is 12.5 Å². The Bertz CT molecular complexity index is 312. The molecule has 0 saturated carbocycles. The van der Waals surface area contributed by atoms with Gasteiger partial charge in [-0.3, -0.25) is 0 Å². The van der Waals surface area contributed by atoms with Crippen LogP contribution in [0.5, 0.6) is 0 Å². The van der Waals surface area contributed by atoms with Gasteiger partial charge in [0.1, 0.15) is 6.61 Å². The van der Waals surface area contributed by atoms with Crippen LogP contribution >= 0.6 is 11.6 Å². The third-order valence-corrected chi connectivity index (χ3v) is 2.29. The Labute approximate surface area is 80.0 Å². The third kappa shape index (κ3) is 1.98. The SMILES string of the molecule is Cc1cccc(C(F)(F)CO)c1Cl. The first-order valence-corrected chi connectivity index (χ1v) is 4.11. The van der Waals surface area contributed by atoms with Crippen molar-refractivity contribution in [2.45, 2.75) is 12.8 Å². The Kier molecular flexibility index (Phi) is 2.88. The van der Waals surface area contributed by atoms with Crippen LogP contribution in [0, 0.1) is 6.92 Å².